The van der Waals surface area contributed by atoms with Crippen LogP contribution in [0.5, 0.6) is 5.75 Å². The standard InChI is InChI=1S/C41H51N5O8S/c1-22(24-9-11-25(12-10-24)34-23(2)42-21-55-34)43-36(48)31-19-28(47)20-46(31)38(50)35(40(3,4)5)45-37(49)33-16-26-15-29(13-14-32(26)53-33)52-30-17-27(18-30)44-39(51)54-41(6,7)8/h9-16,21-22,27-28,30-31,35,47H,17-20H2,1-8H3,(H,43,48)(H,44,51)(H,45,49)/t22-,27?,28+,30?,31-,35+/m0/s1. The van der Waals surface area contributed by atoms with Crippen LogP contribution in [0.1, 0.15) is 95.6 Å². The largest absolute Gasteiger partial charge is 0.490 e. The van der Waals surface area contributed by atoms with Crippen molar-refractivity contribution in [1.82, 2.24) is 25.8 Å². The molecule has 0 spiro atoms. The van der Waals surface area contributed by atoms with Crippen LogP contribution in [0.4, 0.5) is 4.79 Å². The molecule has 0 radical (unpaired) electrons. The SMILES string of the molecule is Cc1ncsc1-c1ccc([C@H](C)NC(=O)[C@@H]2C[C@@H](O)CN2C(=O)[C@@H](NC(=O)c2cc3cc(OC4CC(NC(=O)OC(C)(C)C)C4)ccc3o2)C(C)(C)C)cc1. The zero-order chi connectivity index (χ0) is 39.8. The normalized spacial score (nSPS) is 21.0. The fourth-order valence-corrected chi connectivity index (χ4v) is 7.68. The highest BCUT2D eigenvalue weighted by Gasteiger charge is 2.45. The number of rotatable bonds is 10. The van der Waals surface area contributed by atoms with E-state index in [0.29, 0.717) is 29.6 Å². The number of amides is 4. The fourth-order valence-electron chi connectivity index (χ4n) is 6.87. The van der Waals surface area contributed by atoms with Gasteiger partial charge in [0.25, 0.3) is 5.91 Å². The molecule has 14 heteroatoms. The van der Waals surface area contributed by atoms with E-state index in [1.54, 1.807) is 35.6 Å². The van der Waals surface area contributed by atoms with Crippen LogP contribution in [0.2, 0.25) is 0 Å². The topological polar surface area (TPSA) is 172 Å². The lowest BCUT2D eigenvalue weighted by Gasteiger charge is -2.36. The Kier molecular flexibility index (Phi) is 11.3. The third-order valence-electron chi connectivity index (χ3n) is 9.86. The highest BCUT2D eigenvalue weighted by atomic mass is 32.1. The summed E-state index contributed by atoms with van der Waals surface area (Å²) in [6.07, 6.45) is -0.0893. The summed E-state index contributed by atoms with van der Waals surface area (Å²) in [7, 11) is 0. The monoisotopic (exact) mass is 773 g/mol. The molecule has 2 aromatic carbocycles. The Hall–Kier alpha value is -4.95. The van der Waals surface area contributed by atoms with Gasteiger partial charge in [0.15, 0.2) is 5.76 Å². The molecule has 55 heavy (non-hydrogen) atoms. The van der Waals surface area contributed by atoms with E-state index in [1.807, 2.05) is 85.2 Å². The molecule has 13 nitrogen and oxygen atoms in total. The number of aryl methyl sites for hydroxylation is 1. The van der Waals surface area contributed by atoms with Crippen molar-refractivity contribution >= 4 is 46.1 Å². The summed E-state index contributed by atoms with van der Waals surface area (Å²) in [5.74, 6) is -0.834. The molecule has 1 aliphatic heterocycles. The number of carbonyl (C=O) groups is 4. The number of furan rings is 1. The number of nitrogens with one attached hydrogen (secondary N) is 3. The molecule has 1 saturated carbocycles. The minimum atomic E-state index is -1.03. The Bertz CT molecular complexity index is 2040. The first-order valence-corrected chi connectivity index (χ1v) is 19.5. The number of likely N-dealkylation sites (tertiary alicyclic amines) is 1. The number of hydrogen-bond acceptors (Lipinski definition) is 10. The predicted molar refractivity (Wildman–Crippen MR) is 209 cm³/mol. The zero-order valence-corrected chi connectivity index (χ0v) is 33.4. The molecule has 2 fully saturated rings. The molecule has 4 aromatic rings. The molecule has 4 N–H and O–H groups in total. The van der Waals surface area contributed by atoms with Crippen LogP contribution in [0.25, 0.3) is 21.4 Å². The first kappa shape index (κ1) is 39.7. The van der Waals surface area contributed by atoms with Crippen LogP contribution >= 0.6 is 11.3 Å². The van der Waals surface area contributed by atoms with E-state index in [9.17, 15) is 24.3 Å². The van der Waals surface area contributed by atoms with Gasteiger partial charge in [-0.05, 0) is 75.4 Å². The molecule has 0 unspecified atom stereocenters. The van der Waals surface area contributed by atoms with Gasteiger partial charge in [0, 0.05) is 37.2 Å². The van der Waals surface area contributed by atoms with E-state index < -0.39 is 47.1 Å². The maximum Gasteiger partial charge on any atom is 0.407 e. The molecular weight excluding hydrogens is 723 g/mol. The fraction of sp³-hybridized carbons (Fsp3) is 0.488. The number of β-amino-alcohol motifs (C(OH)–C–C–N with tert-alkyl or cyclic N) is 1. The summed E-state index contributed by atoms with van der Waals surface area (Å²) in [6.45, 7) is 14.7. The van der Waals surface area contributed by atoms with Gasteiger partial charge in [-0.15, -0.1) is 11.3 Å². The highest BCUT2D eigenvalue weighted by molar-refractivity contribution is 7.13. The third-order valence-corrected chi connectivity index (χ3v) is 10.8. The molecular formula is C41H51N5O8S. The molecule has 4 amide bonds. The average Bonchev–Trinajstić information content (AvgIpc) is 3.82. The summed E-state index contributed by atoms with van der Waals surface area (Å²) >= 11 is 1.57. The maximum atomic E-state index is 14.2. The minimum Gasteiger partial charge on any atom is -0.490 e. The van der Waals surface area contributed by atoms with E-state index in [4.69, 9.17) is 13.9 Å². The Morgan fingerprint density at radius 2 is 1.69 bits per heavy atom. The van der Waals surface area contributed by atoms with Gasteiger partial charge in [-0.2, -0.15) is 0 Å². The second-order valence-electron chi connectivity index (χ2n) is 16.7. The van der Waals surface area contributed by atoms with Crippen molar-refractivity contribution < 1.29 is 38.2 Å². The van der Waals surface area contributed by atoms with E-state index >= 15 is 0 Å². The number of carbonyl (C=O) groups excluding carboxylic acids is 4. The van der Waals surface area contributed by atoms with Crippen LogP contribution in [0.15, 0.2) is 58.5 Å². The number of ether oxygens (including phenoxy) is 2. The van der Waals surface area contributed by atoms with Gasteiger partial charge in [-0.25, -0.2) is 9.78 Å². The van der Waals surface area contributed by atoms with Crippen molar-refractivity contribution in [2.24, 2.45) is 5.41 Å². The Morgan fingerprint density at radius 1 is 0.982 bits per heavy atom. The van der Waals surface area contributed by atoms with Gasteiger partial charge >= 0.3 is 6.09 Å². The van der Waals surface area contributed by atoms with E-state index in [2.05, 4.69) is 20.9 Å². The smallest absolute Gasteiger partial charge is 0.407 e. The van der Waals surface area contributed by atoms with Gasteiger partial charge in [-0.3, -0.25) is 14.4 Å². The van der Waals surface area contributed by atoms with Crippen molar-refractivity contribution in [1.29, 1.82) is 0 Å². The lowest BCUT2D eigenvalue weighted by atomic mass is 9.85. The number of benzene rings is 2. The second-order valence-corrected chi connectivity index (χ2v) is 17.5. The van der Waals surface area contributed by atoms with Gasteiger partial charge in [0.05, 0.1) is 28.2 Å². The van der Waals surface area contributed by atoms with Gasteiger partial charge in [0.2, 0.25) is 11.8 Å². The molecule has 0 bridgehead atoms. The lowest BCUT2D eigenvalue weighted by molar-refractivity contribution is -0.142. The number of aliphatic hydroxyl groups excluding tert-OH is 1. The van der Waals surface area contributed by atoms with Crippen LogP contribution in [-0.2, 0) is 14.3 Å². The summed E-state index contributed by atoms with van der Waals surface area (Å²) in [5.41, 5.74) is 3.86. The second kappa shape index (κ2) is 15.7. The molecule has 1 aliphatic carbocycles. The van der Waals surface area contributed by atoms with E-state index in [1.165, 1.54) is 4.90 Å². The average molecular weight is 774 g/mol. The number of aliphatic hydroxyl groups is 1. The molecule has 294 valence electrons. The molecule has 3 heterocycles. The zero-order valence-electron chi connectivity index (χ0n) is 32.6. The number of aromatic nitrogens is 1. The van der Waals surface area contributed by atoms with Crippen molar-refractivity contribution in [3.63, 3.8) is 0 Å². The number of fused-ring (bicyclic) bond motifs is 1. The molecule has 2 aromatic heterocycles. The van der Waals surface area contributed by atoms with Gasteiger partial charge in [0.1, 0.15) is 35.1 Å². The number of alkyl carbamates (subject to hydrolysis) is 1. The quantitative estimate of drug-likeness (QED) is 0.145. The van der Waals surface area contributed by atoms with Crippen LogP contribution in [0.3, 0.4) is 0 Å². The lowest BCUT2D eigenvalue weighted by Crippen LogP contribution is -2.57. The maximum absolute atomic E-state index is 14.2. The van der Waals surface area contributed by atoms with E-state index in [0.717, 1.165) is 21.7 Å². The Morgan fingerprint density at radius 3 is 2.33 bits per heavy atom. The molecule has 2 aliphatic rings. The van der Waals surface area contributed by atoms with E-state index in [-0.39, 0.29) is 42.8 Å². The highest BCUT2D eigenvalue weighted by Crippen LogP contribution is 2.32. The molecule has 6 rings (SSSR count). The Labute approximate surface area is 325 Å². The number of nitrogens with zero attached hydrogens (tertiary/aromatic N) is 2. The minimum absolute atomic E-state index is 0.0144. The summed E-state index contributed by atoms with van der Waals surface area (Å²) in [4.78, 5) is 60.3. The summed E-state index contributed by atoms with van der Waals surface area (Å²) in [5, 5.41) is 20.0. The van der Waals surface area contributed by atoms with Crippen molar-refractivity contribution in [3.8, 4) is 16.2 Å². The molecule has 1 saturated heterocycles. The summed E-state index contributed by atoms with van der Waals surface area (Å²) < 4.78 is 17.3. The Balaban J connectivity index is 1.07. The number of hydrogen-bond donors (Lipinski definition) is 4. The first-order valence-electron chi connectivity index (χ1n) is 18.6. The van der Waals surface area contributed by atoms with Gasteiger partial charge < -0.3 is 39.8 Å². The van der Waals surface area contributed by atoms with Crippen LogP contribution < -0.4 is 20.7 Å². The molecule has 4 atom stereocenters. The van der Waals surface area contributed by atoms with Crippen LogP contribution in [-0.4, -0.2) is 81.3 Å². The van der Waals surface area contributed by atoms with Crippen molar-refractivity contribution in [3.05, 3.63) is 71.1 Å². The van der Waals surface area contributed by atoms with Crippen molar-refractivity contribution in [2.75, 3.05) is 6.54 Å². The first-order chi connectivity index (χ1) is 25.8. The third kappa shape index (κ3) is 9.48. The predicted octanol–water partition coefficient (Wildman–Crippen LogP) is 6.28. The van der Waals surface area contributed by atoms with Crippen molar-refractivity contribution in [2.45, 2.75) is 117 Å². The van der Waals surface area contributed by atoms with Crippen LogP contribution in [0, 0.1) is 12.3 Å². The van der Waals surface area contributed by atoms with Gasteiger partial charge in [-0.1, -0.05) is 45.0 Å². The number of thiazole rings is 1. The summed E-state index contributed by atoms with van der Waals surface area (Å²) in [6, 6.07) is 12.4.